The summed E-state index contributed by atoms with van der Waals surface area (Å²) in [6, 6.07) is 4.86. The first kappa shape index (κ1) is 32.3. The van der Waals surface area contributed by atoms with Crippen LogP contribution in [0.3, 0.4) is 0 Å². The van der Waals surface area contributed by atoms with Crippen molar-refractivity contribution in [3.63, 3.8) is 0 Å². The Balaban J connectivity index is 1.86. The molecule has 0 saturated carbocycles. The van der Waals surface area contributed by atoms with Crippen LogP contribution in [0, 0.1) is 12.8 Å². The number of rotatable bonds is 14. The Morgan fingerprint density at radius 2 is 1.84 bits per heavy atom. The summed E-state index contributed by atoms with van der Waals surface area (Å²) in [6.45, 7) is -0.871. The predicted octanol–water partition coefficient (Wildman–Crippen LogP) is -3.32. The minimum Gasteiger partial charge on any atom is -0.483 e. The lowest BCUT2D eigenvalue weighted by Crippen LogP contribution is -2.59. The third-order valence-corrected chi connectivity index (χ3v) is 6.20. The van der Waals surface area contributed by atoms with Gasteiger partial charge in [0.1, 0.15) is 42.4 Å². The zero-order chi connectivity index (χ0) is 28.4. The van der Waals surface area contributed by atoms with Gasteiger partial charge in [-0.15, -0.1) is 0 Å². The molecule has 2 rings (SSSR count). The van der Waals surface area contributed by atoms with Gasteiger partial charge in [0.2, 0.25) is 0 Å². The number of carbonyl (C=O) groups is 1. The predicted molar refractivity (Wildman–Crippen MR) is 132 cm³/mol. The van der Waals surface area contributed by atoms with Gasteiger partial charge in [0.05, 0.1) is 44.9 Å². The number of carbonyl (C=O) groups excluding carboxylic acids is 1. The van der Waals surface area contributed by atoms with Gasteiger partial charge in [-0.25, -0.2) is 5.43 Å². The second-order valence-electron chi connectivity index (χ2n) is 8.81. The lowest BCUT2D eigenvalue weighted by Gasteiger charge is -2.40. The third-order valence-electron chi connectivity index (χ3n) is 5.97. The molecule has 216 valence electrons. The molecule has 15 heteroatoms. The summed E-state index contributed by atoms with van der Waals surface area (Å²) >= 11 is 5.87. The van der Waals surface area contributed by atoms with Crippen molar-refractivity contribution in [2.45, 2.75) is 55.8 Å². The number of halogens is 1. The van der Waals surface area contributed by atoms with Crippen molar-refractivity contribution < 1.29 is 59.9 Å². The van der Waals surface area contributed by atoms with Crippen LogP contribution < -0.4 is 10.2 Å². The van der Waals surface area contributed by atoms with Crippen molar-refractivity contribution in [3.05, 3.63) is 28.8 Å². The maximum Gasteiger partial charge on any atom is 0.277 e. The van der Waals surface area contributed by atoms with Crippen molar-refractivity contribution in [3.8, 4) is 5.75 Å². The molecule has 1 aromatic carbocycles. The van der Waals surface area contributed by atoms with E-state index in [1.165, 1.54) is 0 Å². The Morgan fingerprint density at radius 1 is 1.16 bits per heavy atom. The summed E-state index contributed by atoms with van der Waals surface area (Å²) in [5.74, 6) is -1.47. The molecular weight excluding hydrogens is 532 g/mol. The topological polar surface area (TPSA) is 231 Å². The highest BCUT2D eigenvalue weighted by Gasteiger charge is 2.43. The van der Waals surface area contributed by atoms with Gasteiger partial charge in [0.15, 0.2) is 6.61 Å². The van der Waals surface area contributed by atoms with Crippen LogP contribution in [-0.2, 0) is 14.3 Å². The van der Waals surface area contributed by atoms with E-state index < -0.39 is 87.1 Å². The first-order valence-corrected chi connectivity index (χ1v) is 12.1. The molecule has 38 heavy (non-hydrogen) atoms. The smallest absolute Gasteiger partial charge is 0.277 e. The molecule has 1 fully saturated rings. The van der Waals surface area contributed by atoms with Crippen LogP contribution >= 0.6 is 11.6 Å². The van der Waals surface area contributed by atoms with Crippen molar-refractivity contribution in [2.24, 2.45) is 11.0 Å². The van der Waals surface area contributed by atoms with Gasteiger partial charge in [-0.2, -0.15) is 5.10 Å². The van der Waals surface area contributed by atoms with E-state index in [4.69, 9.17) is 25.8 Å². The molecule has 0 radical (unpaired) electrons. The number of hydrogen-bond donors (Lipinski definition) is 9. The largest absolute Gasteiger partial charge is 0.483 e. The Hall–Kier alpha value is -1.95. The lowest BCUT2D eigenvalue weighted by atomic mass is 9.93. The van der Waals surface area contributed by atoms with Gasteiger partial charge in [-0.1, -0.05) is 11.6 Å². The maximum atomic E-state index is 11.9. The zero-order valence-electron chi connectivity index (χ0n) is 20.6. The summed E-state index contributed by atoms with van der Waals surface area (Å²) in [5, 5.41) is 83.2. The van der Waals surface area contributed by atoms with Crippen LogP contribution in [0.2, 0.25) is 5.02 Å². The third kappa shape index (κ3) is 9.07. The Morgan fingerprint density at radius 3 is 2.47 bits per heavy atom. The molecule has 1 aliphatic heterocycles. The highest BCUT2D eigenvalue weighted by Crippen LogP contribution is 2.23. The Labute approximate surface area is 223 Å². The van der Waals surface area contributed by atoms with Crippen molar-refractivity contribution in [2.75, 3.05) is 33.0 Å². The summed E-state index contributed by atoms with van der Waals surface area (Å²) in [6.07, 6.45) is -11.1. The van der Waals surface area contributed by atoms with E-state index in [2.05, 4.69) is 10.5 Å². The molecule has 1 aliphatic rings. The SMILES string of the molecule is Cc1cc(Cl)ccc1OCC(=O)NN=CC(O)C(O)C(COCC1OC(CO)C(O)C(O)C1O)C(O)CO. The van der Waals surface area contributed by atoms with Gasteiger partial charge in [-0.05, 0) is 30.7 Å². The normalized spacial score (nSPS) is 27.1. The molecule has 9 atom stereocenters. The number of hydrogen-bond acceptors (Lipinski definition) is 13. The molecule has 0 bridgehead atoms. The number of aliphatic hydroxyl groups excluding tert-OH is 8. The Bertz CT molecular complexity index is 907. The maximum absolute atomic E-state index is 11.9. The molecule has 0 spiro atoms. The standard InChI is InChI=1S/C23H35ClN2O12/c1-11-4-12(24)2-3-16(11)37-10-19(31)26-25-5-14(29)20(32)13(15(30)6-27)8-36-9-18-22(34)23(35)21(33)17(7-28)38-18/h2-5,13-15,17-18,20-23,27-30,32-35H,6-10H2,1H3,(H,26,31). The average molecular weight is 567 g/mol. The van der Waals surface area contributed by atoms with Crippen LogP contribution in [0.5, 0.6) is 5.75 Å². The first-order chi connectivity index (χ1) is 18.0. The molecular formula is C23H35ClN2O12. The number of ether oxygens (including phenoxy) is 3. The minimum absolute atomic E-state index is 0.379. The summed E-state index contributed by atoms with van der Waals surface area (Å²) in [4.78, 5) is 11.9. The fourth-order valence-electron chi connectivity index (χ4n) is 3.69. The second kappa shape index (κ2) is 15.6. The summed E-state index contributed by atoms with van der Waals surface area (Å²) < 4.78 is 16.0. The minimum atomic E-state index is -1.71. The van der Waals surface area contributed by atoms with E-state index in [9.17, 15) is 45.6 Å². The van der Waals surface area contributed by atoms with Gasteiger partial charge in [0, 0.05) is 10.9 Å². The van der Waals surface area contributed by atoms with E-state index in [-0.39, 0.29) is 6.61 Å². The van der Waals surface area contributed by atoms with E-state index in [0.717, 1.165) is 11.8 Å². The van der Waals surface area contributed by atoms with Gasteiger partial charge < -0.3 is 55.1 Å². The van der Waals surface area contributed by atoms with E-state index in [1.807, 2.05) is 0 Å². The van der Waals surface area contributed by atoms with Crippen LogP contribution in [0.25, 0.3) is 0 Å². The number of nitrogens with zero attached hydrogens (tertiary/aromatic N) is 1. The number of aliphatic hydroxyl groups is 8. The fraction of sp³-hybridized carbons (Fsp3) is 0.652. The Kier molecular flexibility index (Phi) is 13.2. The number of benzene rings is 1. The lowest BCUT2D eigenvalue weighted by molar-refractivity contribution is -0.240. The molecule has 9 N–H and O–H groups in total. The van der Waals surface area contributed by atoms with E-state index in [1.54, 1.807) is 25.1 Å². The molecule has 1 aromatic rings. The molecule has 1 heterocycles. The molecule has 1 saturated heterocycles. The highest BCUT2D eigenvalue weighted by molar-refractivity contribution is 6.30. The highest BCUT2D eigenvalue weighted by atomic mass is 35.5. The first-order valence-electron chi connectivity index (χ1n) is 11.7. The molecule has 0 aliphatic carbocycles. The molecule has 9 unspecified atom stereocenters. The van der Waals surface area contributed by atoms with Gasteiger partial charge >= 0.3 is 0 Å². The van der Waals surface area contributed by atoms with Crippen LogP contribution in [0.4, 0.5) is 0 Å². The number of hydrazone groups is 1. The van der Waals surface area contributed by atoms with E-state index >= 15 is 0 Å². The molecule has 0 aromatic heterocycles. The monoisotopic (exact) mass is 566 g/mol. The average Bonchev–Trinajstić information content (AvgIpc) is 2.89. The number of amides is 1. The summed E-state index contributed by atoms with van der Waals surface area (Å²) in [7, 11) is 0. The number of aryl methyl sites for hydroxylation is 1. The van der Waals surface area contributed by atoms with Crippen LogP contribution in [-0.4, -0.2) is 135 Å². The van der Waals surface area contributed by atoms with E-state index in [0.29, 0.717) is 10.8 Å². The fourth-order valence-corrected chi connectivity index (χ4v) is 3.91. The summed E-state index contributed by atoms with van der Waals surface area (Å²) in [5.41, 5.74) is 2.83. The van der Waals surface area contributed by atoms with Gasteiger partial charge in [0.25, 0.3) is 5.91 Å². The zero-order valence-corrected chi connectivity index (χ0v) is 21.3. The van der Waals surface area contributed by atoms with Gasteiger partial charge in [-0.3, -0.25) is 4.79 Å². The number of nitrogens with one attached hydrogen (secondary N) is 1. The molecule has 1 amide bonds. The second-order valence-corrected chi connectivity index (χ2v) is 9.25. The van der Waals surface area contributed by atoms with Crippen molar-refractivity contribution in [1.29, 1.82) is 0 Å². The van der Waals surface area contributed by atoms with Crippen molar-refractivity contribution >= 4 is 23.7 Å². The molecule has 14 nitrogen and oxygen atoms in total. The van der Waals surface area contributed by atoms with Crippen LogP contribution in [0.15, 0.2) is 23.3 Å². The van der Waals surface area contributed by atoms with Crippen molar-refractivity contribution in [1.82, 2.24) is 5.43 Å². The van der Waals surface area contributed by atoms with Crippen LogP contribution in [0.1, 0.15) is 5.56 Å². The quantitative estimate of drug-likeness (QED) is 0.0795.